The number of aryl methyl sites for hydroxylation is 3. The highest BCUT2D eigenvalue weighted by Crippen LogP contribution is 2.25. The van der Waals surface area contributed by atoms with Crippen LogP contribution in [-0.4, -0.2) is 28.6 Å². The van der Waals surface area contributed by atoms with E-state index in [1.54, 1.807) is 37.7 Å². The molecule has 0 bridgehead atoms. The quantitative estimate of drug-likeness (QED) is 0.694. The number of amides is 1. The molecule has 6 heteroatoms. The van der Waals surface area contributed by atoms with Gasteiger partial charge in [-0.15, -0.1) is 0 Å². The number of anilines is 1. The Labute approximate surface area is 129 Å². The van der Waals surface area contributed by atoms with Crippen molar-refractivity contribution in [2.24, 2.45) is 7.05 Å². The lowest BCUT2D eigenvalue weighted by Crippen LogP contribution is -2.24. The number of methoxy groups -OCH3 is 1. The van der Waals surface area contributed by atoms with Gasteiger partial charge in [0.25, 0.3) is 11.7 Å². The van der Waals surface area contributed by atoms with Gasteiger partial charge in [-0.25, -0.2) is 0 Å². The van der Waals surface area contributed by atoms with E-state index in [1.165, 1.54) is 7.11 Å². The molecule has 1 N–H and O–H groups in total. The zero-order chi connectivity index (χ0) is 16.4. The molecule has 0 fully saturated rings. The van der Waals surface area contributed by atoms with Crippen LogP contribution in [-0.2, 0) is 11.8 Å². The lowest BCUT2D eigenvalue weighted by molar-refractivity contribution is -0.112. The number of benzene rings is 1. The van der Waals surface area contributed by atoms with Crippen LogP contribution in [0.15, 0.2) is 18.2 Å². The molecule has 116 valence electrons. The molecule has 0 atom stereocenters. The van der Waals surface area contributed by atoms with E-state index < -0.39 is 11.7 Å². The second kappa shape index (κ2) is 6.01. The highest BCUT2D eigenvalue weighted by molar-refractivity contribution is 6.47. The molecule has 1 heterocycles. The lowest BCUT2D eigenvalue weighted by Gasteiger charge is -2.10. The van der Waals surface area contributed by atoms with Crippen LogP contribution in [0, 0.1) is 20.8 Å². The van der Waals surface area contributed by atoms with Gasteiger partial charge in [-0.05, 0) is 38.5 Å². The Morgan fingerprint density at radius 1 is 1.23 bits per heavy atom. The summed E-state index contributed by atoms with van der Waals surface area (Å²) in [4.78, 5) is 24.6. The van der Waals surface area contributed by atoms with E-state index in [-0.39, 0.29) is 0 Å². The SMILES string of the molecule is COc1ccc(C)cc1NC(=O)C(=O)c1c(C)nn(C)c1C. The minimum Gasteiger partial charge on any atom is -0.495 e. The fraction of sp³-hybridized carbons (Fsp3) is 0.312. The Kier molecular flexibility index (Phi) is 4.30. The Bertz CT molecular complexity index is 747. The first-order valence-electron chi connectivity index (χ1n) is 6.85. The van der Waals surface area contributed by atoms with Gasteiger partial charge < -0.3 is 10.1 Å². The van der Waals surface area contributed by atoms with Gasteiger partial charge in [0.2, 0.25) is 0 Å². The van der Waals surface area contributed by atoms with Crippen LogP contribution in [0.1, 0.15) is 27.3 Å². The number of Topliss-reactive ketones (excluding diaryl/α,β-unsaturated/α-hetero) is 1. The standard InChI is InChI=1S/C16H19N3O3/c1-9-6-7-13(22-5)12(8-9)17-16(21)15(20)14-10(2)18-19(4)11(14)3/h6-8H,1-5H3,(H,17,21). The van der Waals surface area contributed by atoms with Gasteiger partial charge >= 0.3 is 0 Å². The number of ketones is 1. The van der Waals surface area contributed by atoms with Crippen molar-refractivity contribution in [3.05, 3.63) is 40.7 Å². The van der Waals surface area contributed by atoms with E-state index in [9.17, 15) is 9.59 Å². The molecule has 1 amide bonds. The maximum absolute atomic E-state index is 12.4. The van der Waals surface area contributed by atoms with Crippen LogP contribution in [0.4, 0.5) is 5.69 Å². The third-order valence-electron chi connectivity index (χ3n) is 3.55. The van der Waals surface area contributed by atoms with Crippen molar-refractivity contribution in [2.45, 2.75) is 20.8 Å². The van der Waals surface area contributed by atoms with Crippen LogP contribution in [0.3, 0.4) is 0 Å². The van der Waals surface area contributed by atoms with E-state index in [0.717, 1.165) is 5.56 Å². The van der Waals surface area contributed by atoms with Gasteiger partial charge in [0.05, 0.1) is 24.1 Å². The normalized spacial score (nSPS) is 10.4. The number of hydrogen-bond acceptors (Lipinski definition) is 4. The molecule has 0 spiro atoms. The molecule has 0 aliphatic rings. The second-order valence-electron chi connectivity index (χ2n) is 5.16. The molecular formula is C16H19N3O3. The van der Waals surface area contributed by atoms with E-state index in [2.05, 4.69) is 10.4 Å². The lowest BCUT2D eigenvalue weighted by atomic mass is 10.1. The maximum atomic E-state index is 12.4. The molecular weight excluding hydrogens is 282 g/mol. The molecule has 0 saturated heterocycles. The highest BCUT2D eigenvalue weighted by atomic mass is 16.5. The summed E-state index contributed by atoms with van der Waals surface area (Å²) in [5.74, 6) is -0.805. The van der Waals surface area contributed by atoms with Crippen molar-refractivity contribution >= 4 is 17.4 Å². The van der Waals surface area contributed by atoms with Crippen LogP contribution < -0.4 is 10.1 Å². The fourth-order valence-corrected chi connectivity index (χ4v) is 2.31. The van der Waals surface area contributed by atoms with Crippen LogP contribution >= 0.6 is 0 Å². The Balaban J connectivity index is 2.29. The number of aromatic nitrogens is 2. The summed E-state index contributed by atoms with van der Waals surface area (Å²) >= 11 is 0. The summed E-state index contributed by atoms with van der Waals surface area (Å²) in [5, 5.41) is 6.77. The minimum atomic E-state index is -0.705. The molecule has 0 radical (unpaired) electrons. The number of rotatable bonds is 4. The van der Waals surface area contributed by atoms with E-state index in [0.29, 0.717) is 28.4 Å². The van der Waals surface area contributed by atoms with E-state index in [4.69, 9.17) is 4.74 Å². The largest absolute Gasteiger partial charge is 0.495 e. The van der Waals surface area contributed by atoms with Crippen LogP contribution in [0.25, 0.3) is 0 Å². The van der Waals surface area contributed by atoms with Gasteiger partial charge in [-0.2, -0.15) is 5.10 Å². The first-order valence-corrected chi connectivity index (χ1v) is 6.85. The third-order valence-corrected chi connectivity index (χ3v) is 3.55. The predicted molar refractivity (Wildman–Crippen MR) is 83.4 cm³/mol. The summed E-state index contributed by atoms with van der Waals surface area (Å²) in [7, 11) is 3.25. The molecule has 0 unspecified atom stereocenters. The summed E-state index contributed by atoms with van der Waals surface area (Å²) in [6.07, 6.45) is 0. The highest BCUT2D eigenvalue weighted by Gasteiger charge is 2.24. The molecule has 2 rings (SSSR count). The number of nitrogens with one attached hydrogen (secondary N) is 1. The fourth-order valence-electron chi connectivity index (χ4n) is 2.31. The van der Waals surface area contributed by atoms with Gasteiger partial charge in [0.15, 0.2) is 0 Å². The smallest absolute Gasteiger partial charge is 0.297 e. The first kappa shape index (κ1) is 15.8. The average Bonchev–Trinajstić information content (AvgIpc) is 2.71. The third kappa shape index (κ3) is 2.86. The van der Waals surface area contributed by atoms with E-state index >= 15 is 0 Å². The average molecular weight is 301 g/mol. The first-order chi connectivity index (χ1) is 10.3. The van der Waals surface area contributed by atoms with Crippen molar-refractivity contribution in [1.29, 1.82) is 0 Å². The number of nitrogens with zero attached hydrogens (tertiary/aromatic N) is 2. The molecule has 0 aliphatic heterocycles. The topological polar surface area (TPSA) is 73.2 Å². The van der Waals surface area contributed by atoms with Crippen molar-refractivity contribution < 1.29 is 14.3 Å². The van der Waals surface area contributed by atoms with E-state index in [1.807, 2.05) is 13.0 Å². The van der Waals surface area contributed by atoms with Crippen molar-refractivity contribution in [1.82, 2.24) is 9.78 Å². The van der Waals surface area contributed by atoms with Gasteiger partial charge in [0, 0.05) is 12.7 Å². The predicted octanol–water partition coefficient (Wildman–Crippen LogP) is 2.18. The Morgan fingerprint density at radius 2 is 1.91 bits per heavy atom. The van der Waals surface area contributed by atoms with Gasteiger partial charge in [-0.3, -0.25) is 14.3 Å². The summed E-state index contributed by atoms with van der Waals surface area (Å²) in [6, 6.07) is 5.37. The molecule has 0 saturated carbocycles. The summed E-state index contributed by atoms with van der Waals surface area (Å²) in [5.41, 5.74) is 2.97. The maximum Gasteiger partial charge on any atom is 0.297 e. The van der Waals surface area contributed by atoms with Crippen molar-refractivity contribution in [3.63, 3.8) is 0 Å². The van der Waals surface area contributed by atoms with Crippen LogP contribution in [0.2, 0.25) is 0 Å². The molecule has 6 nitrogen and oxygen atoms in total. The molecule has 22 heavy (non-hydrogen) atoms. The van der Waals surface area contributed by atoms with Crippen molar-refractivity contribution in [2.75, 3.05) is 12.4 Å². The van der Waals surface area contributed by atoms with Gasteiger partial charge in [0.1, 0.15) is 5.75 Å². The van der Waals surface area contributed by atoms with Gasteiger partial charge in [-0.1, -0.05) is 6.07 Å². The Morgan fingerprint density at radius 3 is 2.45 bits per heavy atom. The summed E-state index contributed by atoms with van der Waals surface area (Å²) in [6.45, 7) is 5.36. The minimum absolute atomic E-state index is 0.339. The zero-order valence-electron chi connectivity index (χ0n) is 13.4. The Hall–Kier alpha value is -2.63. The molecule has 2 aromatic rings. The molecule has 0 aliphatic carbocycles. The zero-order valence-corrected chi connectivity index (χ0v) is 13.4. The van der Waals surface area contributed by atoms with Crippen molar-refractivity contribution in [3.8, 4) is 5.75 Å². The summed E-state index contributed by atoms with van der Waals surface area (Å²) < 4.78 is 6.78. The van der Waals surface area contributed by atoms with Crippen LogP contribution in [0.5, 0.6) is 5.75 Å². The molecule has 1 aromatic heterocycles. The number of carbonyl (C=O) groups excluding carboxylic acids is 2. The number of ether oxygens (including phenoxy) is 1. The number of hydrogen-bond donors (Lipinski definition) is 1. The number of carbonyl (C=O) groups is 2. The monoisotopic (exact) mass is 301 g/mol. The molecule has 1 aromatic carbocycles. The second-order valence-corrected chi connectivity index (χ2v) is 5.16.